The molecule has 1 saturated carbocycles. The van der Waals surface area contributed by atoms with Crippen LogP contribution in [0.4, 0.5) is 13.2 Å². The summed E-state index contributed by atoms with van der Waals surface area (Å²) in [4.78, 5) is 0. The van der Waals surface area contributed by atoms with Crippen LogP contribution >= 0.6 is 0 Å². The van der Waals surface area contributed by atoms with E-state index in [4.69, 9.17) is 0 Å². The average Bonchev–Trinajstić information content (AvgIpc) is 2.09. The molecule has 0 saturated heterocycles. The van der Waals surface area contributed by atoms with Gasteiger partial charge in [0.1, 0.15) is 0 Å². The quantitative estimate of drug-likeness (QED) is 0.705. The van der Waals surface area contributed by atoms with E-state index in [9.17, 15) is 13.2 Å². The zero-order chi connectivity index (χ0) is 14.7. The van der Waals surface area contributed by atoms with E-state index >= 15 is 0 Å². The van der Waals surface area contributed by atoms with Crippen molar-refractivity contribution >= 4 is 0 Å². The van der Waals surface area contributed by atoms with Crippen LogP contribution in [-0.4, -0.2) is 18.8 Å². The largest absolute Gasteiger partial charge is 0.389 e. The molecule has 0 heterocycles. The van der Waals surface area contributed by atoms with E-state index < -0.39 is 12.6 Å². The Hall–Kier alpha value is -0.250. The number of alkyl halides is 3. The molecule has 1 fully saturated rings. The van der Waals surface area contributed by atoms with Gasteiger partial charge in [0.05, 0.1) is 0 Å². The van der Waals surface area contributed by atoms with Gasteiger partial charge >= 0.3 is 6.18 Å². The van der Waals surface area contributed by atoms with Crippen LogP contribution in [0.1, 0.15) is 66.2 Å². The molecular weight excluding hydrogens is 251 g/mol. The maximum absolute atomic E-state index is 12.0. The standard InChI is InChI=1S/C15H28F3N/c1-13(2)9-12(10-14(3,4)11-13)19-8-6-5-7-15(16,17)18/h12,19H,5-11H2,1-4H3. The van der Waals surface area contributed by atoms with Crippen molar-refractivity contribution < 1.29 is 13.2 Å². The molecule has 1 N–H and O–H groups in total. The second-order valence-electron chi connectivity index (χ2n) is 7.64. The molecule has 0 amide bonds. The van der Waals surface area contributed by atoms with Gasteiger partial charge in [-0.15, -0.1) is 0 Å². The number of nitrogens with one attached hydrogen (secondary N) is 1. The first-order valence-electron chi connectivity index (χ1n) is 7.29. The topological polar surface area (TPSA) is 12.0 Å². The van der Waals surface area contributed by atoms with Crippen molar-refractivity contribution in [3.63, 3.8) is 0 Å². The van der Waals surface area contributed by atoms with E-state index in [0.717, 1.165) is 12.8 Å². The Morgan fingerprint density at radius 3 is 2.00 bits per heavy atom. The van der Waals surface area contributed by atoms with Crippen LogP contribution in [0, 0.1) is 10.8 Å². The van der Waals surface area contributed by atoms with E-state index in [1.165, 1.54) is 6.42 Å². The molecule has 1 aliphatic rings. The SMILES string of the molecule is CC1(C)CC(NCCCCC(F)(F)F)CC(C)(C)C1. The van der Waals surface area contributed by atoms with Crippen LogP contribution in [0.15, 0.2) is 0 Å². The van der Waals surface area contributed by atoms with Crippen molar-refractivity contribution in [3.8, 4) is 0 Å². The molecule has 0 spiro atoms. The van der Waals surface area contributed by atoms with Crippen molar-refractivity contribution in [3.05, 3.63) is 0 Å². The number of unbranched alkanes of at least 4 members (excludes halogenated alkanes) is 1. The number of rotatable bonds is 5. The molecular formula is C15H28F3N. The first kappa shape index (κ1) is 16.8. The van der Waals surface area contributed by atoms with Crippen molar-refractivity contribution in [1.29, 1.82) is 0 Å². The summed E-state index contributed by atoms with van der Waals surface area (Å²) >= 11 is 0. The first-order chi connectivity index (χ1) is 8.49. The average molecular weight is 279 g/mol. The third-order valence-electron chi connectivity index (χ3n) is 3.88. The van der Waals surface area contributed by atoms with Gasteiger partial charge in [-0.3, -0.25) is 0 Å². The Morgan fingerprint density at radius 2 is 1.53 bits per heavy atom. The second-order valence-corrected chi connectivity index (χ2v) is 7.64. The lowest BCUT2D eigenvalue weighted by molar-refractivity contribution is -0.135. The monoisotopic (exact) mass is 279 g/mol. The minimum Gasteiger partial charge on any atom is -0.314 e. The lowest BCUT2D eigenvalue weighted by atomic mass is 9.63. The Labute approximate surface area is 115 Å². The lowest BCUT2D eigenvalue weighted by Crippen LogP contribution is -2.44. The van der Waals surface area contributed by atoms with Crippen LogP contribution in [0.5, 0.6) is 0 Å². The van der Waals surface area contributed by atoms with Gasteiger partial charge in [0, 0.05) is 12.5 Å². The maximum Gasteiger partial charge on any atom is 0.389 e. The lowest BCUT2D eigenvalue weighted by Gasteiger charge is -2.45. The second kappa shape index (κ2) is 6.02. The zero-order valence-corrected chi connectivity index (χ0v) is 12.7. The van der Waals surface area contributed by atoms with E-state index in [2.05, 4.69) is 33.0 Å². The van der Waals surface area contributed by atoms with Gasteiger partial charge in [-0.2, -0.15) is 13.2 Å². The van der Waals surface area contributed by atoms with Crippen molar-refractivity contribution in [1.82, 2.24) is 5.32 Å². The van der Waals surface area contributed by atoms with Gasteiger partial charge in [-0.25, -0.2) is 0 Å². The third-order valence-corrected chi connectivity index (χ3v) is 3.88. The van der Waals surface area contributed by atoms with E-state index in [-0.39, 0.29) is 6.42 Å². The summed E-state index contributed by atoms with van der Waals surface area (Å²) in [6.45, 7) is 9.84. The first-order valence-corrected chi connectivity index (χ1v) is 7.29. The van der Waals surface area contributed by atoms with Gasteiger partial charge in [0.2, 0.25) is 0 Å². The Morgan fingerprint density at radius 1 is 1.00 bits per heavy atom. The van der Waals surface area contributed by atoms with Crippen molar-refractivity contribution in [2.75, 3.05) is 6.54 Å². The molecule has 0 aromatic heterocycles. The fourth-order valence-electron chi connectivity index (χ4n) is 3.75. The highest BCUT2D eigenvalue weighted by molar-refractivity contribution is 4.92. The Balaban J connectivity index is 2.26. The van der Waals surface area contributed by atoms with E-state index in [0.29, 0.717) is 29.8 Å². The summed E-state index contributed by atoms with van der Waals surface area (Å²) < 4.78 is 36.1. The van der Waals surface area contributed by atoms with Gasteiger partial charge in [0.25, 0.3) is 0 Å². The summed E-state index contributed by atoms with van der Waals surface area (Å²) in [5.41, 5.74) is 0.650. The van der Waals surface area contributed by atoms with Crippen LogP contribution in [0.2, 0.25) is 0 Å². The molecule has 0 unspecified atom stereocenters. The van der Waals surface area contributed by atoms with Crippen LogP contribution < -0.4 is 5.32 Å². The van der Waals surface area contributed by atoms with Gasteiger partial charge in [0.15, 0.2) is 0 Å². The van der Waals surface area contributed by atoms with E-state index in [1.54, 1.807) is 0 Å². The highest BCUT2D eigenvalue weighted by Crippen LogP contribution is 2.45. The number of halogens is 3. The minimum atomic E-state index is -4.01. The minimum absolute atomic E-state index is 0.232. The molecule has 0 atom stereocenters. The molecule has 1 nitrogen and oxygen atoms in total. The smallest absolute Gasteiger partial charge is 0.314 e. The molecule has 1 rings (SSSR count). The summed E-state index contributed by atoms with van der Waals surface area (Å²) in [5, 5.41) is 3.45. The molecule has 0 aromatic rings. The Kier molecular flexibility index (Phi) is 5.33. The highest BCUT2D eigenvalue weighted by atomic mass is 19.4. The molecule has 114 valence electrons. The predicted octanol–water partition coefficient (Wildman–Crippen LogP) is 4.91. The van der Waals surface area contributed by atoms with Crippen LogP contribution in [0.25, 0.3) is 0 Å². The van der Waals surface area contributed by atoms with Crippen molar-refractivity contribution in [2.45, 2.75) is 78.4 Å². The summed E-state index contributed by atoms with van der Waals surface area (Å²) in [6.07, 6.45) is -0.365. The van der Waals surface area contributed by atoms with Gasteiger partial charge in [-0.05, 0) is 49.5 Å². The zero-order valence-electron chi connectivity index (χ0n) is 12.7. The summed E-state index contributed by atoms with van der Waals surface area (Å²) in [7, 11) is 0. The molecule has 0 aromatic carbocycles. The highest BCUT2D eigenvalue weighted by Gasteiger charge is 2.38. The molecule has 4 heteroatoms. The number of hydrogen-bond donors (Lipinski definition) is 1. The molecule has 0 aliphatic heterocycles. The van der Waals surface area contributed by atoms with Gasteiger partial charge in [-0.1, -0.05) is 27.7 Å². The van der Waals surface area contributed by atoms with Crippen LogP contribution in [0.3, 0.4) is 0 Å². The molecule has 19 heavy (non-hydrogen) atoms. The fourth-order valence-corrected chi connectivity index (χ4v) is 3.75. The fraction of sp³-hybridized carbons (Fsp3) is 1.00. The Bertz CT molecular complexity index is 266. The predicted molar refractivity (Wildman–Crippen MR) is 73.1 cm³/mol. The summed E-state index contributed by atoms with van der Waals surface area (Å²) in [6, 6.07) is 0.449. The van der Waals surface area contributed by atoms with Gasteiger partial charge < -0.3 is 5.32 Å². The molecule has 0 radical (unpaired) electrons. The molecule has 1 aliphatic carbocycles. The van der Waals surface area contributed by atoms with Crippen LogP contribution in [-0.2, 0) is 0 Å². The summed E-state index contributed by atoms with van der Waals surface area (Å²) in [5.74, 6) is 0. The van der Waals surface area contributed by atoms with Crippen molar-refractivity contribution in [2.24, 2.45) is 10.8 Å². The number of hydrogen-bond acceptors (Lipinski definition) is 1. The van der Waals surface area contributed by atoms with E-state index in [1.807, 2.05) is 0 Å². The molecule has 0 bridgehead atoms. The maximum atomic E-state index is 12.0. The third kappa shape index (κ3) is 7.19. The normalized spacial score (nSPS) is 23.5.